The van der Waals surface area contributed by atoms with Gasteiger partial charge in [0.15, 0.2) is 0 Å². The van der Waals surface area contributed by atoms with E-state index in [1.807, 2.05) is 24.5 Å². The predicted octanol–water partition coefficient (Wildman–Crippen LogP) is 4.20. The Kier molecular flexibility index (Phi) is 4.70. The fourth-order valence-corrected chi connectivity index (χ4v) is 4.06. The van der Waals surface area contributed by atoms with Gasteiger partial charge in [0.25, 0.3) is 0 Å². The van der Waals surface area contributed by atoms with Crippen molar-refractivity contribution >= 4 is 17.3 Å². The summed E-state index contributed by atoms with van der Waals surface area (Å²) in [5.74, 6) is 0. The highest BCUT2D eigenvalue weighted by atomic mass is 35.5. The van der Waals surface area contributed by atoms with E-state index in [0.717, 1.165) is 24.7 Å². The zero-order valence-electron chi connectivity index (χ0n) is 15.1. The Morgan fingerprint density at radius 2 is 1.85 bits per heavy atom. The molecular formula is C21H23ClN4. The molecule has 3 heterocycles. The van der Waals surface area contributed by atoms with Crippen LogP contribution in [0.3, 0.4) is 0 Å². The minimum absolute atomic E-state index is 0.265. The van der Waals surface area contributed by atoms with Crippen molar-refractivity contribution < 1.29 is 0 Å². The summed E-state index contributed by atoms with van der Waals surface area (Å²) in [5, 5.41) is 4.47. The lowest BCUT2D eigenvalue weighted by molar-refractivity contribution is 0.455. The van der Waals surface area contributed by atoms with E-state index in [9.17, 15) is 0 Å². The van der Waals surface area contributed by atoms with Crippen molar-refractivity contribution in [2.24, 2.45) is 7.05 Å². The maximum Gasteiger partial charge on any atom is 0.0659 e. The van der Waals surface area contributed by atoms with Crippen LogP contribution in [0.2, 0.25) is 5.02 Å². The number of halogens is 1. The largest absolute Gasteiger partial charge is 0.368 e. The molecule has 2 aromatic heterocycles. The number of aryl methyl sites for hydroxylation is 2. The Morgan fingerprint density at radius 3 is 2.58 bits per heavy atom. The highest BCUT2D eigenvalue weighted by Gasteiger charge is 2.27. The van der Waals surface area contributed by atoms with Gasteiger partial charge >= 0.3 is 0 Å². The molecule has 1 fully saturated rings. The molecule has 4 rings (SSSR count). The monoisotopic (exact) mass is 366 g/mol. The molecule has 1 unspecified atom stereocenters. The van der Waals surface area contributed by atoms with Gasteiger partial charge in [0.1, 0.15) is 0 Å². The van der Waals surface area contributed by atoms with Gasteiger partial charge in [-0.05, 0) is 42.3 Å². The van der Waals surface area contributed by atoms with E-state index in [0.29, 0.717) is 0 Å². The third-order valence-electron chi connectivity index (χ3n) is 5.08. The standard InChI is InChI=1S/C21H23ClN4/c1-15-13-25(2)21(20(15)16-3-5-17(22)6-4-16)19-14-26(12-11-24-19)18-7-9-23-10-8-18/h3-10,13,19,24H,11-12,14H2,1-2H3. The molecule has 3 aromatic rings. The number of aromatic nitrogens is 2. The average molecular weight is 367 g/mol. The number of benzene rings is 1. The molecule has 1 N–H and O–H groups in total. The third-order valence-corrected chi connectivity index (χ3v) is 5.34. The number of hydrogen-bond donors (Lipinski definition) is 1. The number of nitrogens with zero attached hydrogens (tertiary/aromatic N) is 3. The lowest BCUT2D eigenvalue weighted by Crippen LogP contribution is -2.46. The fourth-order valence-electron chi connectivity index (χ4n) is 3.94. The third kappa shape index (κ3) is 3.22. The number of hydrogen-bond acceptors (Lipinski definition) is 3. The Balaban J connectivity index is 1.70. The van der Waals surface area contributed by atoms with Crippen LogP contribution < -0.4 is 10.2 Å². The smallest absolute Gasteiger partial charge is 0.0659 e. The Morgan fingerprint density at radius 1 is 1.12 bits per heavy atom. The summed E-state index contributed by atoms with van der Waals surface area (Å²) in [5.41, 5.74) is 6.35. The lowest BCUT2D eigenvalue weighted by atomic mass is 9.97. The summed E-state index contributed by atoms with van der Waals surface area (Å²) >= 11 is 6.09. The fraction of sp³-hybridized carbons (Fsp3) is 0.286. The van der Waals surface area contributed by atoms with Crippen LogP contribution in [0.1, 0.15) is 17.3 Å². The van der Waals surface area contributed by atoms with Gasteiger partial charge in [-0.1, -0.05) is 23.7 Å². The van der Waals surface area contributed by atoms with Crippen molar-refractivity contribution in [1.82, 2.24) is 14.9 Å². The van der Waals surface area contributed by atoms with E-state index in [2.05, 4.69) is 64.2 Å². The number of piperazine rings is 1. The molecule has 0 bridgehead atoms. The average Bonchev–Trinajstić information content (AvgIpc) is 2.97. The van der Waals surface area contributed by atoms with Gasteiger partial charge in [0.2, 0.25) is 0 Å². The van der Waals surface area contributed by atoms with Crippen LogP contribution in [0.4, 0.5) is 5.69 Å². The van der Waals surface area contributed by atoms with Crippen LogP contribution in [-0.4, -0.2) is 29.2 Å². The van der Waals surface area contributed by atoms with Crippen LogP contribution in [-0.2, 0) is 7.05 Å². The molecule has 4 nitrogen and oxygen atoms in total. The van der Waals surface area contributed by atoms with E-state index in [1.54, 1.807) is 0 Å². The molecule has 0 aliphatic carbocycles. The maximum absolute atomic E-state index is 6.09. The van der Waals surface area contributed by atoms with Gasteiger partial charge < -0.3 is 14.8 Å². The summed E-state index contributed by atoms with van der Waals surface area (Å²) in [6, 6.07) is 12.6. The maximum atomic E-state index is 6.09. The Hall–Kier alpha value is -2.30. The first-order valence-corrected chi connectivity index (χ1v) is 9.31. The number of rotatable bonds is 3. The van der Waals surface area contributed by atoms with Gasteiger partial charge in [-0.15, -0.1) is 0 Å². The van der Waals surface area contributed by atoms with Gasteiger partial charge in [-0.2, -0.15) is 0 Å². The first kappa shape index (κ1) is 17.1. The van der Waals surface area contributed by atoms with Crippen LogP contribution in [0.25, 0.3) is 11.1 Å². The molecule has 134 valence electrons. The van der Waals surface area contributed by atoms with Crippen molar-refractivity contribution in [3.05, 3.63) is 71.3 Å². The molecule has 1 aromatic carbocycles. The zero-order valence-corrected chi connectivity index (χ0v) is 15.9. The number of pyridine rings is 1. The number of nitrogens with one attached hydrogen (secondary N) is 1. The summed E-state index contributed by atoms with van der Waals surface area (Å²) < 4.78 is 2.26. The first-order valence-electron chi connectivity index (χ1n) is 8.93. The highest BCUT2D eigenvalue weighted by molar-refractivity contribution is 6.30. The first-order chi connectivity index (χ1) is 12.6. The van der Waals surface area contributed by atoms with Gasteiger partial charge in [-0.25, -0.2) is 0 Å². The summed E-state index contributed by atoms with van der Waals surface area (Å²) in [6.45, 7) is 5.07. The highest BCUT2D eigenvalue weighted by Crippen LogP contribution is 2.35. The summed E-state index contributed by atoms with van der Waals surface area (Å²) in [7, 11) is 2.13. The minimum atomic E-state index is 0.265. The minimum Gasteiger partial charge on any atom is -0.368 e. The van der Waals surface area contributed by atoms with E-state index < -0.39 is 0 Å². The lowest BCUT2D eigenvalue weighted by Gasteiger charge is -2.36. The van der Waals surface area contributed by atoms with Gasteiger partial charge in [0.05, 0.1) is 6.04 Å². The van der Waals surface area contributed by atoms with Crippen molar-refractivity contribution in [3.63, 3.8) is 0 Å². The second kappa shape index (κ2) is 7.14. The molecule has 5 heteroatoms. The van der Waals surface area contributed by atoms with Crippen molar-refractivity contribution in [3.8, 4) is 11.1 Å². The zero-order chi connectivity index (χ0) is 18.1. The van der Waals surface area contributed by atoms with Crippen LogP contribution in [0.5, 0.6) is 0 Å². The van der Waals surface area contributed by atoms with Crippen LogP contribution in [0.15, 0.2) is 55.0 Å². The topological polar surface area (TPSA) is 33.1 Å². The molecule has 0 radical (unpaired) electrons. The van der Waals surface area contributed by atoms with E-state index >= 15 is 0 Å². The molecule has 26 heavy (non-hydrogen) atoms. The summed E-state index contributed by atoms with van der Waals surface area (Å²) in [4.78, 5) is 6.57. The molecular weight excluding hydrogens is 344 g/mol. The van der Waals surface area contributed by atoms with Crippen molar-refractivity contribution in [1.29, 1.82) is 0 Å². The SMILES string of the molecule is Cc1cn(C)c(C2CN(c3ccncc3)CCN2)c1-c1ccc(Cl)cc1. The van der Waals surface area contributed by atoms with Gasteiger partial charge in [0, 0.05) is 67.2 Å². The molecule has 0 saturated carbocycles. The normalized spacial score (nSPS) is 17.5. The second-order valence-electron chi connectivity index (χ2n) is 6.85. The molecule has 1 aliphatic heterocycles. The Bertz CT molecular complexity index is 886. The molecule has 1 saturated heterocycles. The molecule has 0 amide bonds. The molecule has 0 spiro atoms. The predicted molar refractivity (Wildman–Crippen MR) is 108 cm³/mol. The van der Waals surface area contributed by atoms with E-state index in [4.69, 9.17) is 11.6 Å². The number of anilines is 1. The van der Waals surface area contributed by atoms with Crippen molar-refractivity contribution in [2.75, 3.05) is 24.5 Å². The van der Waals surface area contributed by atoms with E-state index in [1.165, 1.54) is 28.1 Å². The molecule has 1 atom stereocenters. The van der Waals surface area contributed by atoms with Crippen LogP contribution in [0, 0.1) is 6.92 Å². The van der Waals surface area contributed by atoms with Gasteiger partial charge in [-0.3, -0.25) is 4.98 Å². The van der Waals surface area contributed by atoms with Crippen LogP contribution >= 0.6 is 11.6 Å². The Labute approximate surface area is 159 Å². The quantitative estimate of drug-likeness (QED) is 0.754. The molecule has 1 aliphatic rings. The second-order valence-corrected chi connectivity index (χ2v) is 7.28. The van der Waals surface area contributed by atoms with Crippen molar-refractivity contribution in [2.45, 2.75) is 13.0 Å². The summed E-state index contributed by atoms with van der Waals surface area (Å²) in [6.07, 6.45) is 5.93. The van der Waals surface area contributed by atoms with E-state index in [-0.39, 0.29) is 6.04 Å².